The van der Waals surface area contributed by atoms with Crippen molar-refractivity contribution in [3.63, 3.8) is 0 Å². The van der Waals surface area contributed by atoms with E-state index in [0.717, 1.165) is 4.47 Å². The molecule has 0 saturated heterocycles. The van der Waals surface area contributed by atoms with Crippen molar-refractivity contribution in [3.05, 3.63) is 61.1 Å². The molecule has 2 aliphatic rings. The van der Waals surface area contributed by atoms with E-state index < -0.39 is 22.5 Å². The number of hydrazone groups is 1. The number of ether oxygens (including phenoxy) is 1. The van der Waals surface area contributed by atoms with Gasteiger partial charge in [0.1, 0.15) is 5.70 Å². The summed E-state index contributed by atoms with van der Waals surface area (Å²) in [6.07, 6.45) is -0.879. The molecule has 0 spiro atoms. The topological polar surface area (TPSA) is 130 Å². The largest absolute Gasteiger partial charge is 0.500 e. The predicted octanol–water partition coefficient (Wildman–Crippen LogP) is 2.36. The summed E-state index contributed by atoms with van der Waals surface area (Å²) in [6, 6.07) is 8.03. The normalized spacial score (nSPS) is 17.0. The van der Waals surface area contributed by atoms with E-state index in [4.69, 9.17) is 9.73 Å². The molecule has 0 fully saturated rings. The number of phenolic OH excluding ortho intramolecular Hbond substituents is 1. The first-order chi connectivity index (χ1) is 15.3. The molecule has 32 heavy (non-hydrogen) atoms. The summed E-state index contributed by atoms with van der Waals surface area (Å²) in [5, 5.41) is 32.2. The number of hydrogen-bond donors (Lipinski definition) is 2. The van der Waals surface area contributed by atoms with E-state index in [0.29, 0.717) is 27.1 Å². The first-order valence-corrected chi connectivity index (χ1v) is 11.5. The molecule has 1 unspecified atom stereocenters. The van der Waals surface area contributed by atoms with E-state index in [1.807, 2.05) is 6.92 Å². The molecule has 4 rings (SSSR count). The molecule has 1 atom stereocenters. The Hall–Kier alpha value is -3.12. The molecule has 2 heterocycles. The number of phenols is 1. The van der Waals surface area contributed by atoms with Gasteiger partial charge in [-0.2, -0.15) is 0 Å². The number of benzene rings is 2. The summed E-state index contributed by atoms with van der Waals surface area (Å²) >= 11 is 4.77. The van der Waals surface area contributed by atoms with Crippen molar-refractivity contribution >= 4 is 50.2 Å². The van der Waals surface area contributed by atoms with Crippen molar-refractivity contribution in [3.8, 4) is 11.5 Å². The van der Waals surface area contributed by atoms with Gasteiger partial charge in [-0.3, -0.25) is 25.2 Å². The molecule has 0 aromatic heterocycles. The number of carbonyl (C=O) groups is 1. The van der Waals surface area contributed by atoms with Crippen LogP contribution in [0.5, 0.6) is 11.5 Å². The Morgan fingerprint density at radius 1 is 1.34 bits per heavy atom. The highest BCUT2D eigenvalue weighted by atomic mass is 79.9. The highest BCUT2D eigenvalue weighted by molar-refractivity contribution is 9.10. The van der Waals surface area contributed by atoms with Crippen molar-refractivity contribution in [1.29, 1.82) is 0 Å². The van der Waals surface area contributed by atoms with Crippen LogP contribution in [0.15, 0.2) is 44.9 Å². The van der Waals surface area contributed by atoms with E-state index in [2.05, 4.69) is 26.3 Å². The maximum absolute atomic E-state index is 13.0. The number of rotatable bonds is 5. The van der Waals surface area contributed by atoms with Gasteiger partial charge in [0.2, 0.25) is 5.75 Å². The summed E-state index contributed by atoms with van der Waals surface area (Å²) in [6.45, 7) is 3.84. The van der Waals surface area contributed by atoms with Gasteiger partial charge in [0, 0.05) is 21.3 Å². The Kier molecular flexibility index (Phi) is 6.07. The standard InChI is InChI=1S/C20H18BrN5O5S/c1-3-31-15-8-10(7-14(17(15)27)26(29)30)18-22-13-6-5-11(21)9-12(13)16-19(28)23-20(32-4-2)24-25(16)18/h5-9,18,27H,3-4H2,1-2H3,(H,23,24,28). The second-order valence-corrected chi connectivity index (χ2v) is 8.89. The molecule has 2 N–H and O–H groups in total. The number of fused-ring (bicyclic) bond motifs is 2. The van der Waals surface area contributed by atoms with E-state index in [1.165, 1.54) is 28.9 Å². The van der Waals surface area contributed by atoms with Crippen molar-refractivity contribution in [1.82, 2.24) is 10.3 Å². The Morgan fingerprint density at radius 3 is 2.81 bits per heavy atom. The molecular weight excluding hydrogens is 502 g/mol. The lowest BCUT2D eigenvalue weighted by atomic mass is 10.1. The van der Waals surface area contributed by atoms with Crippen LogP contribution in [0.2, 0.25) is 0 Å². The molecule has 10 nitrogen and oxygen atoms in total. The molecule has 12 heteroatoms. The minimum atomic E-state index is -0.879. The van der Waals surface area contributed by atoms with Crippen LogP contribution in [0.1, 0.15) is 25.6 Å². The quantitative estimate of drug-likeness (QED) is 0.458. The third kappa shape index (κ3) is 3.91. The Morgan fingerprint density at radius 2 is 2.12 bits per heavy atom. The zero-order valence-corrected chi connectivity index (χ0v) is 19.4. The summed E-state index contributed by atoms with van der Waals surface area (Å²) in [4.78, 5) is 28.7. The Bertz CT molecular complexity index is 1280. The monoisotopic (exact) mass is 519 g/mol. The number of carbonyl (C=O) groups excluding carboxylic acids is 1. The minimum Gasteiger partial charge on any atom is -0.500 e. The minimum absolute atomic E-state index is 0.0383. The molecule has 0 aliphatic carbocycles. The average Bonchev–Trinajstić information content (AvgIpc) is 2.74. The maximum atomic E-state index is 13.0. The molecule has 2 aromatic rings. The molecular formula is C20H18BrN5O5S. The predicted molar refractivity (Wildman–Crippen MR) is 123 cm³/mol. The van der Waals surface area contributed by atoms with Crippen molar-refractivity contribution in [2.24, 2.45) is 10.1 Å². The zero-order chi connectivity index (χ0) is 23.0. The summed E-state index contributed by atoms with van der Waals surface area (Å²) in [5.41, 5.74) is 0.108. The first-order valence-electron chi connectivity index (χ1n) is 9.67. The first kappa shape index (κ1) is 22.1. The van der Waals surface area contributed by atoms with Crippen LogP contribution in [0.4, 0.5) is 5.69 Å². The molecule has 0 saturated carbocycles. The van der Waals surface area contributed by atoms with E-state index >= 15 is 0 Å². The molecule has 2 aromatic carbocycles. The lowest BCUT2D eigenvalue weighted by Gasteiger charge is -2.34. The lowest BCUT2D eigenvalue weighted by Crippen LogP contribution is -2.50. The van der Waals surface area contributed by atoms with Gasteiger partial charge in [-0.1, -0.05) is 34.6 Å². The van der Waals surface area contributed by atoms with Crippen LogP contribution >= 0.6 is 27.7 Å². The zero-order valence-electron chi connectivity index (χ0n) is 17.0. The van der Waals surface area contributed by atoms with E-state index in [-0.39, 0.29) is 24.0 Å². The maximum Gasteiger partial charge on any atom is 0.315 e. The molecule has 0 radical (unpaired) electrons. The fourth-order valence-electron chi connectivity index (χ4n) is 3.44. The van der Waals surface area contributed by atoms with Crippen LogP contribution in [-0.4, -0.2) is 38.5 Å². The average molecular weight is 520 g/mol. The summed E-state index contributed by atoms with van der Waals surface area (Å²) in [5.74, 6) is -0.269. The smallest absolute Gasteiger partial charge is 0.315 e. The van der Waals surface area contributed by atoms with E-state index in [1.54, 1.807) is 25.1 Å². The number of aromatic hydroxyl groups is 1. The van der Waals surface area contributed by atoms with Crippen LogP contribution in [0, 0.1) is 10.1 Å². The van der Waals surface area contributed by atoms with Crippen LogP contribution < -0.4 is 20.6 Å². The van der Waals surface area contributed by atoms with Crippen molar-refractivity contribution in [2.45, 2.75) is 20.0 Å². The van der Waals surface area contributed by atoms with Gasteiger partial charge < -0.3 is 9.84 Å². The second-order valence-electron chi connectivity index (χ2n) is 6.73. The van der Waals surface area contributed by atoms with Gasteiger partial charge in [0.25, 0.3) is 5.91 Å². The Balaban J connectivity index is 1.99. The van der Waals surface area contributed by atoms with Gasteiger partial charge in [0.05, 0.1) is 16.9 Å². The van der Waals surface area contributed by atoms with Gasteiger partial charge in [-0.15, -0.1) is 5.10 Å². The number of amidine groups is 1. The van der Waals surface area contributed by atoms with Crippen LogP contribution in [0.25, 0.3) is 5.70 Å². The van der Waals surface area contributed by atoms with Crippen LogP contribution in [0.3, 0.4) is 0 Å². The molecule has 1 amide bonds. The SMILES string of the molecule is CCOc1cc(C2N=c3ccc(Br)cc3=C3C(=O)NC(SCC)=NN32)cc([N+](=O)[O-])c1O. The number of nitrogens with zero attached hydrogens (tertiary/aromatic N) is 4. The second kappa shape index (κ2) is 8.79. The van der Waals surface area contributed by atoms with Gasteiger partial charge >= 0.3 is 5.69 Å². The fourth-order valence-corrected chi connectivity index (χ4v) is 4.38. The molecule has 2 aliphatic heterocycles. The number of halogens is 1. The Labute approximate surface area is 194 Å². The lowest BCUT2D eigenvalue weighted by molar-refractivity contribution is -0.386. The molecule has 0 bridgehead atoms. The fraction of sp³-hybridized carbons (Fsp3) is 0.250. The van der Waals surface area contributed by atoms with E-state index in [9.17, 15) is 20.0 Å². The van der Waals surface area contributed by atoms with Gasteiger partial charge in [-0.25, -0.2) is 5.01 Å². The summed E-state index contributed by atoms with van der Waals surface area (Å²) < 4.78 is 6.18. The number of nitro benzene ring substituents is 1. The van der Waals surface area contributed by atoms with Crippen molar-refractivity contribution in [2.75, 3.05) is 12.4 Å². The third-order valence-corrected chi connectivity index (χ3v) is 5.96. The van der Waals surface area contributed by atoms with Gasteiger partial charge in [-0.05, 0) is 36.9 Å². The number of thioether (sulfide) groups is 1. The highest BCUT2D eigenvalue weighted by Crippen LogP contribution is 2.41. The number of nitro groups is 1. The van der Waals surface area contributed by atoms with Crippen molar-refractivity contribution < 1.29 is 19.6 Å². The third-order valence-electron chi connectivity index (χ3n) is 4.72. The summed E-state index contributed by atoms with van der Waals surface area (Å²) in [7, 11) is 0. The number of nitrogens with one attached hydrogen (secondary N) is 1. The number of hydrogen-bond acceptors (Lipinski definition) is 9. The molecule has 166 valence electrons. The van der Waals surface area contributed by atoms with Gasteiger partial charge in [0.15, 0.2) is 17.1 Å². The van der Waals surface area contributed by atoms with Crippen LogP contribution in [-0.2, 0) is 4.79 Å². The highest BCUT2D eigenvalue weighted by Gasteiger charge is 2.36. The number of amides is 1.